The van der Waals surface area contributed by atoms with Gasteiger partial charge in [0.1, 0.15) is 23.5 Å². The van der Waals surface area contributed by atoms with Crippen molar-refractivity contribution in [2.75, 3.05) is 6.54 Å². The van der Waals surface area contributed by atoms with Gasteiger partial charge in [-0.3, -0.25) is 0 Å². The van der Waals surface area contributed by atoms with Crippen LogP contribution < -0.4 is 10.5 Å². The first-order valence-electron chi connectivity index (χ1n) is 5.68. The summed E-state index contributed by atoms with van der Waals surface area (Å²) in [7, 11) is 0. The van der Waals surface area contributed by atoms with Crippen molar-refractivity contribution in [2.24, 2.45) is 5.73 Å². The molecule has 1 atom stereocenters. The Morgan fingerprint density at radius 1 is 1.11 bits per heavy atom. The SMILES string of the molecule is NCC(Oc1ccc(F)c(Cl)c1)c1ccccc1F. The summed E-state index contributed by atoms with van der Waals surface area (Å²) < 4.78 is 32.2. The van der Waals surface area contributed by atoms with E-state index in [1.807, 2.05) is 0 Å². The molecular weight excluding hydrogens is 272 g/mol. The molecule has 0 heterocycles. The lowest BCUT2D eigenvalue weighted by Gasteiger charge is -2.18. The van der Waals surface area contributed by atoms with Crippen molar-refractivity contribution in [2.45, 2.75) is 6.10 Å². The van der Waals surface area contributed by atoms with Gasteiger partial charge in [0.2, 0.25) is 0 Å². The van der Waals surface area contributed by atoms with E-state index in [4.69, 9.17) is 22.1 Å². The van der Waals surface area contributed by atoms with Gasteiger partial charge in [-0.05, 0) is 18.2 Å². The maximum Gasteiger partial charge on any atom is 0.142 e. The molecule has 0 spiro atoms. The number of halogens is 3. The minimum Gasteiger partial charge on any atom is -0.484 e. The van der Waals surface area contributed by atoms with E-state index < -0.39 is 17.7 Å². The number of nitrogens with two attached hydrogens (primary N) is 1. The molecule has 2 nitrogen and oxygen atoms in total. The second kappa shape index (κ2) is 5.99. The zero-order valence-electron chi connectivity index (χ0n) is 9.95. The van der Waals surface area contributed by atoms with Crippen molar-refractivity contribution in [1.29, 1.82) is 0 Å². The molecule has 2 aromatic rings. The molecule has 100 valence electrons. The van der Waals surface area contributed by atoms with Crippen LogP contribution in [0.15, 0.2) is 42.5 Å². The quantitative estimate of drug-likeness (QED) is 0.929. The van der Waals surface area contributed by atoms with Crippen molar-refractivity contribution < 1.29 is 13.5 Å². The standard InChI is InChI=1S/C14H12ClF2NO/c15-11-7-9(5-6-13(11)17)19-14(8-18)10-3-1-2-4-12(10)16/h1-7,14H,8,18H2. The first-order valence-corrected chi connectivity index (χ1v) is 6.06. The van der Waals surface area contributed by atoms with Crippen molar-refractivity contribution in [1.82, 2.24) is 0 Å². The molecule has 2 aromatic carbocycles. The normalized spacial score (nSPS) is 12.2. The Hall–Kier alpha value is -1.65. The third kappa shape index (κ3) is 3.22. The predicted octanol–water partition coefficient (Wildman–Crippen LogP) is 3.70. The molecular formula is C14H12ClF2NO. The van der Waals surface area contributed by atoms with Gasteiger partial charge in [0.15, 0.2) is 0 Å². The van der Waals surface area contributed by atoms with Crippen LogP contribution in [0.3, 0.4) is 0 Å². The smallest absolute Gasteiger partial charge is 0.142 e. The average Bonchev–Trinajstić information content (AvgIpc) is 2.41. The van der Waals surface area contributed by atoms with Gasteiger partial charge in [-0.15, -0.1) is 0 Å². The lowest BCUT2D eigenvalue weighted by Crippen LogP contribution is -2.19. The summed E-state index contributed by atoms with van der Waals surface area (Å²) in [5.41, 5.74) is 5.94. The molecule has 0 fully saturated rings. The van der Waals surface area contributed by atoms with Crippen LogP contribution in [0, 0.1) is 11.6 Å². The largest absolute Gasteiger partial charge is 0.484 e. The first kappa shape index (κ1) is 13.8. The predicted molar refractivity (Wildman–Crippen MR) is 70.2 cm³/mol. The molecule has 0 amide bonds. The van der Waals surface area contributed by atoms with E-state index in [9.17, 15) is 8.78 Å². The van der Waals surface area contributed by atoms with Crippen LogP contribution in [0.4, 0.5) is 8.78 Å². The number of hydrogen-bond donors (Lipinski definition) is 1. The molecule has 0 aromatic heterocycles. The summed E-state index contributed by atoms with van der Waals surface area (Å²) in [6.07, 6.45) is -0.650. The zero-order valence-corrected chi connectivity index (χ0v) is 10.7. The molecule has 5 heteroatoms. The zero-order chi connectivity index (χ0) is 13.8. The fourth-order valence-corrected chi connectivity index (χ4v) is 1.86. The van der Waals surface area contributed by atoms with Crippen LogP contribution in [0.1, 0.15) is 11.7 Å². The molecule has 0 radical (unpaired) electrons. The maximum atomic E-state index is 13.7. The average molecular weight is 284 g/mol. The second-order valence-electron chi connectivity index (χ2n) is 3.94. The van der Waals surface area contributed by atoms with Crippen LogP contribution in [0.5, 0.6) is 5.75 Å². The number of benzene rings is 2. The number of ether oxygens (including phenoxy) is 1. The highest BCUT2D eigenvalue weighted by Gasteiger charge is 2.16. The van der Waals surface area contributed by atoms with Gasteiger partial charge in [-0.25, -0.2) is 8.78 Å². The van der Waals surface area contributed by atoms with Crippen LogP contribution in [-0.2, 0) is 0 Å². The van der Waals surface area contributed by atoms with Crippen molar-refractivity contribution in [3.63, 3.8) is 0 Å². The lowest BCUT2D eigenvalue weighted by molar-refractivity contribution is 0.209. The highest BCUT2D eigenvalue weighted by atomic mass is 35.5. The van der Waals surface area contributed by atoms with Gasteiger partial charge in [0, 0.05) is 18.2 Å². The summed E-state index contributed by atoms with van der Waals surface area (Å²) >= 11 is 5.66. The summed E-state index contributed by atoms with van der Waals surface area (Å²) in [5.74, 6) is -0.597. The van der Waals surface area contributed by atoms with E-state index >= 15 is 0 Å². The van der Waals surface area contributed by atoms with Crippen molar-refractivity contribution in [3.8, 4) is 5.75 Å². The van der Waals surface area contributed by atoms with E-state index in [0.717, 1.165) is 0 Å². The third-order valence-electron chi connectivity index (χ3n) is 2.64. The van der Waals surface area contributed by atoms with Crippen molar-refractivity contribution >= 4 is 11.6 Å². The molecule has 0 aliphatic rings. The van der Waals surface area contributed by atoms with Crippen LogP contribution in [0.2, 0.25) is 5.02 Å². The van der Waals surface area contributed by atoms with Crippen molar-refractivity contribution in [3.05, 3.63) is 64.7 Å². The van der Waals surface area contributed by atoms with Crippen LogP contribution in [0.25, 0.3) is 0 Å². The summed E-state index contributed by atoms with van der Waals surface area (Å²) in [6, 6.07) is 10.2. The summed E-state index contributed by atoms with van der Waals surface area (Å²) in [4.78, 5) is 0. The monoisotopic (exact) mass is 283 g/mol. The van der Waals surface area contributed by atoms with Gasteiger partial charge in [-0.2, -0.15) is 0 Å². The maximum absolute atomic E-state index is 13.7. The van der Waals surface area contributed by atoms with E-state index in [2.05, 4.69) is 0 Å². The topological polar surface area (TPSA) is 35.2 Å². The molecule has 1 unspecified atom stereocenters. The van der Waals surface area contributed by atoms with Crippen LogP contribution >= 0.6 is 11.6 Å². The molecule has 19 heavy (non-hydrogen) atoms. The Kier molecular flexibility index (Phi) is 4.35. The highest BCUT2D eigenvalue weighted by molar-refractivity contribution is 6.30. The first-order chi connectivity index (χ1) is 9.11. The summed E-state index contributed by atoms with van der Waals surface area (Å²) in [6.45, 7) is 0.0932. The molecule has 0 aliphatic heterocycles. The molecule has 0 saturated heterocycles. The van der Waals surface area contributed by atoms with Gasteiger partial charge < -0.3 is 10.5 Å². The Morgan fingerprint density at radius 2 is 1.84 bits per heavy atom. The fourth-order valence-electron chi connectivity index (χ4n) is 1.69. The molecule has 0 aliphatic carbocycles. The second-order valence-corrected chi connectivity index (χ2v) is 4.35. The van der Waals surface area contributed by atoms with Crippen LogP contribution in [-0.4, -0.2) is 6.54 Å². The Balaban J connectivity index is 2.24. The van der Waals surface area contributed by atoms with E-state index in [-0.39, 0.29) is 11.6 Å². The van der Waals surface area contributed by atoms with E-state index in [1.54, 1.807) is 18.2 Å². The van der Waals surface area contributed by atoms with E-state index in [1.165, 1.54) is 24.3 Å². The Morgan fingerprint density at radius 3 is 2.47 bits per heavy atom. The van der Waals surface area contributed by atoms with Gasteiger partial charge in [0.25, 0.3) is 0 Å². The fraction of sp³-hybridized carbons (Fsp3) is 0.143. The Bertz CT molecular complexity index is 577. The minimum atomic E-state index is -0.650. The molecule has 0 saturated carbocycles. The minimum absolute atomic E-state index is 0.0539. The van der Waals surface area contributed by atoms with Gasteiger partial charge in [-0.1, -0.05) is 29.8 Å². The molecule has 2 N–H and O–H groups in total. The lowest BCUT2D eigenvalue weighted by atomic mass is 10.1. The van der Waals surface area contributed by atoms with Gasteiger partial charge >= 0.3 is 0 Å². The number of rotatable bonds is 4. The van der Waals surface area contributed by atoms with Gasteiger partial charge in [0.05, 0.1) is 5.02 Å². The third-order valence-corrected chi connectivity index (χ3v) is 2.93. The number of hydrogen-bond acceptors (Lipinski definition) is 2. The Labute approximate surface area is 114 Å². The van der Waals surface area contributed by atoms with E-state index in [0.29, 0.717) is 11.3 Å². The molecule has 0 bridgehead atoms. The highest BCUT2D eigenvalue weighted by Crippen LogP contribution is 2.26. The summed E-state index contributed by atoms with van der Waals surface area (Å²) in [5, 5.41) is -0.0539. The molecule has 2 rings (SSSR count).